The molecule has 0 radical (unpaired) electrons. The molecule has 8 heteroatoms. The second kappa shape index (κ2) is 7.93. The Kier molecular flexibility index (Phi) is 5.54. The average molecular weight is 482 g/mol. The zero-order valence-corrected chi connectivity index (χ0v) is 18.6. The lowest BCUT2D eigenvalue weighted by Crippen LogP contribution is -2.18. The van der Waals surface area contributed by atoms with Crippen LogP contribution in [0.3, 0.4) is 0 Å². The van der Waals surface area contributed by atoms with Crippen molar-refractivity contribution in [3.05, 3.63) is 56.4 Å². The number of aliphatic imine (C=N–C) groups is 1. The first-order valence-electron chi connectivity index (χ1n) is 8.97. The van der Waals surface area contributed by atoms with Crippen LogP contribution < -0.4 is 4.74 Å². The topological polar surface area (TPSA) is 42.1 Å². The van der Waals surface area contributed by atoms with E-state index in [4.69, 9.17) is 32.9 Å². The molecule has 0 spiro atoms. The lowest BCUT2D eigenvalue weighted by Gasteiger charge is -2.14. The molecule has 0 saturated carbocycles. The van der Waals surface area contributed by atoms with Crippen molar-refractivity contribution in [2.24, 2.45) is 4.99 Å². The summed E-state index contributed by atoms with van der Waals surface area (Å²) in [4.78, 5) is 11.4. The van der Waals surface area contributed by atoms with E-state index >= 15 is 0 Å². The zero-order valence-electron chi connectivity index (χ0n) is 15.5. The minimum atomic E-state index is 0.232. The molecule has 0 atom stereocenters. The number of nitrogens with zero attached hydrogens (tertiary/aromatic N) is 4. The van der Waals surface area contributed by atoms with Crippen molar-refractivity contribution in [3.63, 3.8) is 0 Å². The second-order valence-corrected chi connectivity index (χ2v) is 8.29. The van der Waals surface area contributed by atoms with Gasteiger partial charge in [0.25, 0.3) is 0 Å². The number of hydrogen-bond donors (Lipinski definition) is 0. The Morgan fingerprint density at radius 2 is 2.11 bits per heavy atom. The molecule has 0 N–H and O–H groups in total. The third-order valence-electron chi connectivity index (χ3n) is 4.84. The molecule has 1 aliphatic rings. The first-order chi connectivity index (χ1) is 13.5. The van der Waals surface area contributed by atoms with Gasteiger partial charge in [-0.15, -0.1) is 0 Å². The van der Waals surface area contributed by atoms with E-state index < -0.39 is 0 Å². The highest BCUT2D eigenvalue weighted by molar-refractivity contribution is 9.10. The smallest absolute Gasteiger partial charge is 0.180 e. The summed E-state index contributed by atoms with van der Waals surface area (Å²) >= 11 is 16.6. The molecule has 4 rings (SSSR count). The number of ether oxygens (including phenoxy) is 1. The van der Waals surface area contributed by atoms with Crippen molar-refractivity contribution in [3.8, 4) is 5.75 Å². The fourth-order valence-electron chi connectivity index (χ4n) is 3.27. The van der Waals surface area contributed by atoms with Gasteiger partial charge in [-0.05, 0) is 53.5 Å². The first-order valence-corrected chi connectivity index (χ1v) is 10.5. The molecule has 5 nitrogen and oxygen atoms in total. The third kappa shape index (κ3) is 3.61. The maximum Gasteiger partial charge on any atom is 0.180 e. The van der Waals surface area contributed by atoms with Crippen molar-refractivity contribution in [1.29, 1.82) is 0 Å². The largest absolute Gasteiger partial charge is 0.485 e. The average Bonchev–Trinajstić information content (AvgIpc) is 3.21. The standard InChI is InChI=1S/C20H19BrCl2N4O/c1-12-19(21)27-10-3-5-16(20(27)24-12)28-11-13-14(22)7-8-15(18(13)23)25-17-6-4-9-26(17)2/h3,5,7-8,10H,4,6,9,11H2,1-2H3. The summed E-state index contributed by atoms with van der Waals surface area (Å²) in [5.41, 5.74) is 3.06. The quantitative estimate of drug-likeness (QED) is 0.455. The summed E-state index contributed by atoms with van der Waals surface area (Å²) in [6.45, 7) is 3.19. The molecule has 0 aliphatic carbocycles. The number of aryl methyl sites for hydroxylation is 1. The van der Waals surface area contributed by atoms with Gasteiger partial charge in [-0.25, -0.2) is 9.98 Å². The van der Waals surface area contributed by atoms with E-state index in [-0.39, 0.29) is 6.61 Å². The number of amidine groups is 1. The number of pyridine rings is 1. The second-order valence-electron chi connectivity index (χ2n) is 6.75. The Bertz CT molecular complexity index is 1080. The van der Waals surface area contributed by atoms with E-state index in [9.17, 15) is 0 Å². The SMILES string of the molecule is Cc1nc2c(OCc3c(Cl)ccc(N=C4CCCN4C)c3Cl)cccn2c1Br. The Labute approximate surface area is 182 Å². The molecule has 0 bridgehead atoms. The van der Waals surface area contributed by atoms with Gasteiger partial charge in [-0.1, -0.05) is 23.2 Å². The highest BCUT2D eigenvalue weighted by Gasteiger charge is 2.17. The third-order valence-corrected chi connectivity index (χ3v) is 6.57. The molecular formula is C20H19BrCl2N4O. The van der Waals surface area contributed by atoms with Gasteiger partial charge >= 0.3 is 0 Å². The lowest BCUT2D eigenvalue weighted by atomic mass is 10.2. The van der Waals surface area contributed by atoms with Crippen molar-refractivity contribution in [1.82, 2.24) is 14.3 Å². The zero-order chi connectivity index (χ0) is 19.8. The highest BCUT2D eigenvalue weighted by atomic mass is 79.9. The number of hydrogen-bond acceptors (Lipinski definition) is 3. The van der Waals surface area contributed by atoms with Crippen molar-refractivity contribution in [2.45, 2.75) is 26.4 Å². The van der Waals surface area contributed by atoms with Gasteiger partial charge in [0.05, 0.1) is 16.4 Å². The fourth-order valence-corrected chi connectivity index (χ4v) is 4.16. The van der Waals surface area contributed by atoms with Crippen LogP contribution in [0.4, 0.5) is 5.69 Å². The van der Waals surface area contributed by atoms with Gasteiger partial charge in [0.1, 0.15) is 17.0 Å². The summed E-state index contributed by atoms with van der Waals surface area (Å²) in [7, 11) is 2.05. The van der Waals surface area contributed by atoms with Crippen molar-refractivity contribution >= 4 is 56.3 Å². The van der Waals surface area contributed by atoms with Crippen LogP contribution in [0.2, 0.25) is 10.0 Å². The summed E-state index contributed by atoms with van der Waals surface area (Å²) in [6, 6.07) is 7.46. The number of halogens is 3. The van der Waals surface area contributed by atoms with Gasteiger partial charge in [0.15, 0.2) is 11.4 Å². The molecule has 1 aliphatic heterocycles. The first kappa shape index (κ1) is 19.6. The minimum Gasteiger partial charge on any atom is -0.485 e. The van der Waals surface area contributed by atoms with E-state index in [2.05, 4.69) is 25.8 Å². The monoisotopic (exact) mass is 480 g/mol. The molecule has 1 fully saturated rings. The van der Waals surface area contributed by atoms with Crippen LogP contribution in [-0.4, -0.2) is 33.7 Å². The summed E-state index contributed by atoms with van der Waals surface area (Å²) < 4.78 is 8.89. The van der Waals surface area contributed by atoms with Crippen LogP contribution in [0.15, 0.2) is 40.1 Å². The molecule has 146 valence electrons. The Hall–Kier alpha value is -1.76. The summed E-state index contributed by atoms with van der Waals surface area (Å²) in [5.74, 6) is 1.70. The van der Waals surface area contributed by atoms with Gasteiger partial charge in [-0.2, -0.15) is 0 Å². The van der Waals surface area contributed by atoms with E-state index in [0.717, 1.165) is 46.7 Å². The van der Waals surface area contributed by atoms with Crippen molar-refractivity contribution < 1.29 is 4.74 Å². The van der Waals surface area contributed by atoms with Crippen molar-refractivity contribution in [2.75, 3.05) is 13.6 Å². The van der Waals surface area contributed by atoms with Crippen LogP contribution in [0.5, 0.6) is 5.75 Å². The van der Waals surface area contributed by atoms with Crippen LogP contribution >= 0.6 is 39.1 Å². The highest BCUT2D eigenvalue weighted by Crippen LogP contribution is 2.36. The fraction of sp³-hybridized carbons (Fsp3) is 0.300. The minimum absolute atomic E-state index is 0.232. The van der Waals surface area contributed by atoms with E-state index in [0.29, 0.717) is 21.5 Å². The number of imidazole rings is 1. The Morgan fingerprint density at radius 1 is 1.29 bits per heavy atom. The lowest BCUT2D eigenvalue weighted by molar-refractivity contribution is 0.308. The number of rotatable bonds is 4. The molecule has 0 unspecified atom stereocenters. The number of likely N-dealkylation sites (tertiary alicyclic amines) is 1. The van der Waals surface area contributed by atoms with Crippen LogP contribution in [0, 0.1) is 6.92 Å². The van der Waals surface area contributed by atoms with E-state index in [1.807, 2.05) is 48.8 Å². The van der Waals surface area contributed by atoms with Gasteiger partial charge in [0.2, 0.25) is 0 Å². The normalized spacial score (nSPS) is 15.8. The number of fused-ring (bicyclic) bond motifs is 1. The summed E-state index contributed by atoms with van der Waals surface area (Å²) in [6.07, 6.45) is 4.00. The maximum absolute atomic E-state index is 6.64. The summed E-state index contributed by atoms with van der Waals surface area (Å²) in [5, 5.41) is 1.08. The van der Waals surface area contributed by atoms with Gasteiger partial charge in [0, 0.05) is 36.8 Å². The van der Waals surface area contributed by atoms with Gasteiger partial charge < -0.3 is 9.64 Å². The maximum atomic E-state index is 6.64. The van der Waals surface area contributed by atoms with Crippen LogP contribution in [0.1, 0.15) is 24.1 Å². The van der Waals surface area contributed by atoms with E-state index in [1.54, 1.807) is 0 Å². The van der Waals surface area contributed by atoms with Crippen LogP contribution in [-0.2, 0) is 6.61 Å². The molecule has 2 aromatic heterocycles. The molecule has 3 heterocycles. The molecule has 1 aromatic carbocycles. The van der Waals surface area contributed by atoms with Crippen LogP contribution in [0.25, 0.3) is 5.65 Å². The molecular weight excluding hydrogens is 463 g/mol. The number of aromatic nitrogens is 2. The Balaban J connectivity index is 1.64. The van der Waals surface area contributed by atoms with Gasteiger partial charge in [-0.3, -0.25) is 4.40 Å². The molecule has 1 saturated heterocycles. The number of benzene rings is 1. The Morgan fingerprint density at radius 3 is 2.86 bits per heavy atom. The molecule has 0 amide bonds. The molecule has 28 heavy (non-hydrogen) atoms. The predicted molar refractivity (Wildman–Crippen MR) is 117 cm³/mol. The molecule has 3 aromatic rings. The predicted octanol–water partition coefficient (Wildman–Crippen LogP) is 6.05. The van der Waals surface area contributed by atoms with E-state index in [1.165, 1.54) is 0 Å².